The van der Waals surface area contributed by atoms with Crippen molar-refractivity contribution >= 4 is 11.9 Å². The highest BCUT2D eigenvalue weighted by atomic mass is 19.4. The molecule has 6 nitrogen and oxygen atoms in total. The number of rotatable bonds is 8. The molecule has 1 aliphatic heterocycles. The van der Waals surface area contributed by atoms with Crippen LogP contribution in [-0.2, 0) is 17.5 Å². The van der Waals surface area contributed by atoms with Gasteiger partial charge in [0, 0.05) is 52.2 Å². The van der Waals surface area contributed by atoms with Gasteiger partial charge in [-0.15, -0.1) is 0 Å². The van der Waals surface area contributed by atoms with Crippen LogP contribution in [0.5, 0.6) is 0 Å². The predicted octanol–water partition coefficient (Wildman–Crippen LogP) is 2.36. The van der Waals surface area contributed by atoms with Gasteiger partial charge in [0.1, 0.15) is 0 Å². The van der Waals surface area contributed by atoms with E-state index in [1.165, 1.54) is 12.1 Å². The number of nitrogens with zero attached hydrogens (tertiary/aromatic N) is 2. The van der Waals surface area contributed by atoms with Gasteiger partial charge in [-0.1, -0.05) is 19.1 Å². The van der Waals surface area contributed by atoms with E-state index in [2.05, 4.69) is 25.8 Å². The zero-order valence-corrected chi connectivity index (χ0v) is 17.0. The van der Waals surface area contributed by atoms with Crippen LogP contribution < -0.4 is 16.0 Å². The van der Waals surface area contributed by atoms with Crippen LogP contribution in [0.3, 0.4) is 0 Å². The number of nitrogens with one attached hydrogen (secondary N) is 3. The van der Waals surface area contributed by atoms with Crippen molar-refractivity contribution in [1.29, 1.82) is 0 Å². The Balaban J connectivity index is 1.73. The average molecular weight is 413 g/mol. The van der Waals surface area contributed by atoms with Gasteiger partial charge in [-0.3, -0.25) is 14.7 Å². The summed E-state index contributed by atoms with van der Waals surface area (Å²) in [6.07, 6.45) is -2.10. The first-order valence-electron chi connectivity index (χ1n) is 9.94. The number of guanidine groups is 1. The van der Waals surface area contributed by atoms with Crippen molar-refractivity contribution in [3.05, 3.63) is 35.4 Å². The quantitative estimate of drug-likeness (QED) is 0.452. The Morgan fingerprint density at radius 2 is 1.93 bits per heavy atom. The summed E-state index contributed by atoms with van der Waals surface area (Å²) in [4.78, 5) is 18.0. The number of aliphatic imine (C=N–C) groups is 1. The molecule has 1 fully saturated rings. The van der Waals surface area contributed by atoms with Crippen LogP contribution in [0.15, 0.2) is 29.3 Å². The Morgan fingerprint density at radius 3 is 2.55 bits per heavy atom. The Hall–Kier alpha value is -2.29. The first-order valence-corrected chi connectivity index (χ1v) is 9.94. The second kappa shape index (κ2) is 11.0. The van der Waals surface area contributed by atoms with Gasteiger partial charge >= 0.3 is 6.18 Å². The van der Waals surface area contributed by atoms with Crippen LogP contribution in [0.2, 0.25) is 0 Å². The highest BCUT2D eigenvalue weighted by molar-refractivity contribution is 5.81. The molecule has 1 saturated heterocycles. The van der Waals surface area contributed by atoms with Crippen molar-refractivity contribution in [1.82, 2.24) is 20.9 Å². The molecule has 1 unspecified atom stereocenters. The van der Waals surface area contributed by atoms with E-state index < -0.39 is 11.7 Å². The summed E-state index contributed by atoms with van der Waals surface area (Å²) in [7, 11) is 1.68. The van der Waals surface area contributed by atoms with Crippen LogP contribution in [-0.4, -0.2) is 56.0 Å². The second-order valence-corrected chi connectivity index (χ2v) is 7.16. The van der Waals surface area contributed by atoms with E-state index in [0.717, 1.165) is 43.6 Å². The van der Waals surface area contributed by atoms with Crippen molar-refractivity contribution in [2.45, 2.75) is 44.9 Å². The maximum atomic E-state index is 12.7. The molecule has 0 aliphatic carbocycles. The van der Waals surface area contributed by atoms with Gasteiger partial charge < -0.3 is 16.0 Å². The van der Waals surface area contributed by atoms with Crippen LogP contribution in [0.4, 0.5) is 13.2 Å². The summed E-state index contributed by atoms with van der Waals surface area (Å²) >= 11 is 0. The topological polar surface area (TPSA) is 68.8 Å². The SMILES string of the molecule is CCCNC(=O)CCNC(=NC)NC1CCN(Cc2ccc(C(F)(F)F)cc2)C1. The lowest BCUT2D eigenvalue weighted by Gasteiger charge is -2.19. The van der Waals surface area contributed by atoms with Gasteiger partial charge in [0.05, 0.1) is 5.56 Å². The van der Waals surface area contributed by atoms with E-state index in [9.17, 15) is 18.0 Å². The highest BCUT2D eigenvalue weighted by Gasteiger charge is 2.30. The summed E-state index contributed by atoms with van der Waals surface area (Å²) in [5.74, 6) is 0.660. The summed E-state index contributed by atoms with van der Waals surface area (Å²) in [6.45, 7) is 5.43. The Kier molecular flexibility index (Phi) is 8.75. The number of carbonyl (C=O) groups excluding carboxylic acids is 1. The monoisotopic (exact) mass is 413 g/mol. The standard InChI is InChI=1S/C20H30F3N5O/c1-3-10-25-18(29)8-11-26-19(24-2)27-17-9-12-28(14-17)13-15-4-6-16(7-5-15)20(21,22)23/h4-7,17H,3,8-14H2,1-2H3,(H,25,29)(H2,24,26,27). The van der Waals surface area contributed by atoms with E-state index >= 15 is 0 Å². The smallest absolute Gasteiger partial charge is 0.356 e. The molecule has 1 heterocycles. The van der Waals surface area contributed by atoms with Gasteiger partial charge in [0.25, 0.3) is 0 Å². The van der Waals surface area contributed by atoms with Crippen molar-refractivity contribution in [2.24, 2.45) is 4.99 Å². The predicted molar refractivity (Wildman–Crippen MR) is 108 cm³/mol. The van der Waals surface area contributed by atoms with E-state index in [1.807, 2.05) is 6.92 Å². The number of benzene rings is 1. The summed E-state index contributed by atoms with van der Waals surface area (Å²) in [6, 6.07) is 5.53. The van der Waals surface area contributed by atoms with Crippen LogP contribution in [0, 0.1) is 0 Å². The largest absolute Gasteiger partial charge is 0.416 e. The number of halogens is 3. The van der Waals surface area contributed by atoms with E-state index in [0.29, 0.717) is 32.0 Å². The van der Waals surface area contributed by atoms with Gasteiger partial charge in [0.15, 0.2) is 5.96 Å². The number of hydrogen-bond acceptors (Lipinski definition) is 3. The molecule has 1 aliphatic rings. The fourth-order valence-electron chi connectivity index (χ4n) is 3.19. The van der Waals surface area contributed by atoms with Crippen molar-refractivity contribution in [3.63, 3.8) is 0 Å². The lowest BCUT2D eigenvalue weighted by molar-refractivity contribution is -0.137. The molecular formula is C20H30F3N5O. The van der Waals surface area contributed by atoms with Crippen LogP contribution in [0.1, 0.15) is 37.3 Å². The van der Waals surface area contributed by atoms with E-state index in [-0.39, 0.29) is 11.9 Å². The summed E-state index contributed by atoms with van der Waals surface area (Å²) < 4.78 is 38.0. The first kappa shape index (κ1) is 23.0. The molecule has 0 bridgehead atoms. The zero-order chi connectivity index (χ0) is 21.3. The van der Waals surface area contributed by atoms with Crippen molar-refractivity contribution < 1.29 is 18.0 Å². The minimum absolute atomic E-state index is 0.0124. The molecule has 9 heteroatoms. The number of amides is 1. The van der Waals surface area contributed by atoms with Gasteiger partial charge in [-0.05, 0) is 30.5 Å². The van der Waals surface area contributed by atoms with Gasteiger partial charge in [-0.2, -0.15) is 13.2 Å². The number of likely N-dealkylation sites (tertiary alicyclic amines) is 1. The molecular weight excluding hydrogens is 383 g/mol. The molecule has 0 aromatic heterocycles. The minimum atomic E-state index is -4.30. The third kappa shape index (κ3) is 7.92. The molecule has 1 aromatic rings. The maximum Gasteiger partial charge on any atom is 0.416 e. The fraction of sp³-hybridized carbons (Fsp3) is 0.600. The maximum absolute atomic E-state index is 12.7. The third-order valence-electron chi connectivity index (χ3n) is 4.74. The van der Waals surface area contributed by atoms with Crippen molar-refractivity contribution in [3.8, 4) is 0 Å². The van der Waals surface area contributed by atoms with Gasteiger partial charge in [0.2, 0.25) is 5.91 Å². The number of alkyl halides is 3. The molecule has 2 rings (SSSR count). The molecule has 3 N–H and O–H groups in total. The zero-order valence-electron chi connectivity index (χ0n) is 17.0. The van der Waals surface area contributed by atoms with Crippen LogP contribution >= 0.6 is 0 Å². The van der Waals surface area contributed by atoms with E-state index in [4.69, 9.17) is 0 Å². The summed E-state index contributed by atoms with van der Waals surface area (Å²) in [5.41, 5.74) is 0.236. The van der Waals surface area contributed by atoms with E-state index in [1.54, 1.807) is 7.05 Å². The minimum Gasteiger partial charge on any atom is -0.356 e. The third-order valence-corrected chi connectivity index (χ3v) is 4.74. The molecule has 162 valence electrons. The fourth-order valence-corrected chi connectivity index (χ4v) is 3.19. The molecule has 0 spiro atoms. The molecule has 0 saturated carbocycles. The second-order valence-electron chi connectivity index (χ2n) is 7.16. The number of hydrogen-bond donors (Lipinski definition) is 3. The lowest BCUT2D eigenvalue weighted by atomic mass is 10.1. The van der Waals surface area contributed by atoms with Gasteiger partial charge in [-0.25, -0.2) is 0 Å². The molecule has 1 amide bonds. The highest BCUT2D eigenvalue weighted by Crippen LogP contribution is 2.29. The van der Waals surface area contributed by atoms with Crippen molar-refractivity contribution in [2.75, 3.05) is 33.2 Å². The van der Waals surface area contributed by atoms with Crippen LogP contribution in [0.25, 0.3) is 0 Å². The normalized spacial score (nSPS) is 18.0. The molecule has 0 radical (unpaired) electrons. The Labute approximate surface area is 169 Å². The summed E-state index contributed by atoms with van der Waals surface area (Å²) in [5, 5.41) is 9.32. The molecule has 1 atom stereocenters. The Bertz CT molecular complexity index is 676. The Morgan fingerprint density at radius 1 is 1.21 bits per heavy atom. The lowest BCUT2D eigenvalue weighted by Crippen LogP contribution is -2.45. The number of carbonyl (C=O) groups is 1. The first-order chi connectivity index (χ1) is 13.8. The molecule has 29 heavy (non-hydrogen) atoms. The molecule has 1 aromatic carbocycles. The average Bonchev–Trinajstić information content (AvgIpc) is 3.12.